The highest BCUT2D eigenvalue weighted by Gasteiger charge is 2.41. The molecule has 6 nitrogen and oxygen atoms in total. The van der Waals surface area contributed by atoms with Crippen LogP contribution in [0.4, 0.5) is 0 Å². The summed E-state index contributed by atoms with van der Waals surface area (Å²) in [6, 6.07) is 19.7. The minimum absolute atomic E-state index is 0.0612. The minimum atomic E-state index is -0.443. The van der Waals surface area contributed by atoms with Crippen molar-refractivity contribution in [3.8, 4) is 0 Å². The third-order valence-electron chi connectivity index (χ3n) is 8.88. The number of ether oxygens (including phenoxy) is 2. The largest absolute Gasteiger partial charge is 0.391 e. The van der Waals surface area contributed by atoms with Crippen LogP contribution in [-0.4, -0.2) is 46.7 Å². The molecule has 4 rings (SSSR count). The van der Waals surface area contributed by atoms with Gasteiger partial charge in [0.25, 0.3) is 0 Å². The van der Waals surface area contributed by atoms with Crippen molar-refractivity contribution >= 4 is 0 Å². The zero-order valence-corrected chi connectivity index (χ0v) is 23.7. The van der Waals surface area contributed by atoms with Gasteiger partial charge >= 0.3 is 0 Å². The lowest BCUT2D eigenvalue weighted by molar-refractivity contribution is -0.0901. The van der Waals surface area contributed by atoms with Crippen LogP contribution in [0.1, 0.15) is 64.5 Å². The number of nitrogens with two attached hydrogens (primary N) is 2. The second-order valence-electron chi connectivity index (χ2n) is 11.3. The van der Waals surface area contributed by atoms with E-state index in [4.69, 9.17) is 20.9 Å². The molecule has 0 spiro atoms. The molecule has 2 fully saturated rings. The van der Waals surface area contributed by atoms with Crippen molar-refractivity contribution in [2.45, 2.75) is 103 Å². The molecule has 6 heteroatoms. The Morgan fingerprint density at radius 1 is 0.658 bits per heavy atom. The highest BCUT2D eigenvalue weighted by atomic mass is 16.5. The van der Waals surface area contributed by atoms with E-state index in [1.807, 2.05) is 60.7 Å². The monoisotopic (exact) mass is 526 g/mol. The predicted molar refractivity (Wildman–Crippen MR) is 153 cm³/mol. The van der Waals surface area contributed by atoms with Gasteiger partial charge in [-0.15, -0.1) is 0 Å². The molecule has 212 valence electrons. The number of rotatable bonds is 8. The SMILES string of the molecule is CC[C@H]1C[C@@H](O)[C@H](N)[C@@H](OCc2ccccc2)[C@@H]1C.CC[C@H]1C[C@H](O)[C@H](N)[C@@H](OCc2ccccc2)[C@@H]1C. The van der Waals surface area contributed by atoms with Crippen LogP contribution in [-0.2, 0) is 22.7 Å². The second-order valence-corrected chi connectivity index (χ2v) is 11.3. The van der Waals surface area contributed by atoms with Crippen molar-refractivity contribution in [2.75, 3.05) is 0 Å². The second kappa shape index (κ2) is 15.1. The van der Waals surface area contributed by atoms with Crippen LogP contribution < -0.4 is 11.5 Å². The van der Waals surface area contributed by atoms with Crippen molar-refractivity contribution in [3.63, 3.8) is 0 Å². The molecule has 2 saturated carbocycles. The van der Waals surface area contributed by atoms with Crippen molar-refractivity contribution in [1.29, 1.82) is 0 Å². The fourth-order valence-electron chi connectivity index (χ4n) is 6.18. The maximum Gasteiger partial charge on any atom is 0.0783 e. The summed E-state index contributed by atoms with van der Waals surface area (Å²) in [5, 5.41) is 20.1. The average Bonchev–Trinajstić information content (AvgIpc) is 2.94. The molecule has 0 amide bonds. The van der Waals surface area contributed by atoms with Gasteiger partial charge in [-0.05, 0) is 47.6 Å². The van der Waals surface area contributed by atoms with Gasteiger partial charge < -0.3 is 31.2 Å². The summed E-state index contributed by atoms with van der Waals surface area (Å²) >= 11 is 0. The van der Waals surface area contributed by atoms with E-state index in [1.165, 1.54) is 0 Å². The van der Waals surface area contributed by atoms with Crippen LogP contribution in [0.3, 0.4) is 0 Å². The van der Waals surface area contributed by atoms with E-state index >= 15 is 0 Å². The molecule has 0 radical (unpaired) electrons. The quantitative estimate of drug-likeness (QED) is 0.398. The molecule has 0 aromatic heterocycles. The van der Waals surface area contributed by atoms with Crippen molar-refractivity contribution in [1.82, 2.24) is 0 Å². The van der Waals surface area contributed by atoms with Gasteiger partial charge in [0, 0.05) is 0 Å². The molecule has 0 saturated heterocycles. The molecule has 0 heterocycles. The number of aliphatic hydroxyl groups is 2. The summed E-state index contributed by atoms with van der Waals surface area (Å²) in [5.41, 5.74) is 14.5. The molecule has 2 aromatic carbocycles. The molecule has 2 aliphatic carbocycles. The maximum absolute atomic E-state index is 10.1. The van der Waals surface area contributed by atoms with E-state index < -0.39 is 12.2 Å². The Balaban J connectivity index is 0.000000211. The number of aliphatic hydroxyl groups excluding tert-OH is 2. The Morgan fingerprint density at radius 3 is 1.32 bits per heavy atom. The summed E-state index contributed by atoms with van der Waals surface area (Å²) in [6.07, 6.45) is 2.71. The van der Waals surface area contributed by atoms with Crippen molar-refractivity contribution in [2.24, 2.45) is 35.1 Å². The topological polar surface area (TPSA) is 111 Å². The van der Waals surface area contributed by atoms with Crippen LogP contribution in [0.2, 0.25) is 0 Å². The van der Waals surface area contributed by atoms with E-state index in [0.29, 0.717) is 36.9 Å². The third kappa shape index (κ3) is 8.10. The number of hydrogen-bond donors (Lipinski definition) is 4. The fourth-order valence-corrected chi connectivity index (χ4v) is 6.18. The number of hydrogen-bond acceptors (Lipinski definition) is 6. The van der Waals surface area contributed by atoms with Crippen LogP contribution in [0.15, 0.2) is 60.7 Å². The molecule has 2 aromatic rings. The Labute approximate surface area is 229 Å². The first-order chi connectivity index (χ1) is 18.3. The van der Waals surface area contributed by atoms with Crippen molar-refractivity contribution in [3.05, 3.63) is 71.8 Å². The number of benzene rings is 2. The Hall–Kier alpha value is -1.80. The van der Waals surface area contributed by atoms with Gasteiger partial charge in [0.05, 0.1) is 49.7 Å². The Kier molecular flexibility index (Phi) is 12.2. The first kappa shape index (κ1) is 30.7. The summed E-state index contributed by atoms with van der Waals surface area (Å²) in [4.78, 5) is 0. The standard InChI is InChI=1S/2C16H25NO2/c2*1-3-13-9-14(18)15(17)16(11(13)2)19-10-12-7-5-4-6-8-12/h2*4-8,11,13-16,18H,3,9-10,17H2,1-2H3/t11-,13+,14+,15+,16+;11-,13+,14-,15+,16+/m11/s1. The summed E-state index contributed by atoms with van der Waals surface area (Å²) in [6.45, 7) is 9.84. The first-order valence-electron chi connectivity index (χ1n) is 14.4. The Morgan fingerprint density at radius 2 is 1.00 bits per heavy atom. The van der Waals surface area contributed by atoms with Gasteiger partial charge in [-0.2, -0.15) is 0 Å². The molecule has 0 aliphatic heterocycles. The minimum Gasteiger partial charge on any atom is -0.391 e. The van der Waals surface area contributed by atoms with Crippen LogP contribution in [0, 0.1) is 23.7 Å². The highest BCUT2D eigenvalue weighted by Crippen LogP contribution is 2.35. The van der Waals surface area contributed by atoms with E-state index in [1.54, 1.807) is 0 Å². The zero-order chi connectivity index (χ0) is 27.7. The van der Waals surface area contributed by atoms with E-state index in [9.17, 15) is 10.2 Å². The predicted octanol–water partition coefficient (Wildman–Crippen LogP) is 4.65. The van der Waals surface area contributed by atoms with Crippen LogP contribution in [0.5, 0.6) is 0 Å². The van der Waals surface area contributed by atoms with E-state index in [2.05, 4.69) is 27.7 Å². The maximum atomic E-state index is 10.1. The van der Waals surface area contributed by atoms with Crippen LogP contribution in [0.25, 0.3) is 0 Å². The van der Waals surface area contributed by atoms with Crippen LogP contribution >= 0.6 is 0 Å². The normalized spacial score (nSPS) is 35.3. The fraction of sp³-hybridized carbons (Fsp3) is 0.625. The van der Waals surface area contributed by atoms with Gasteiger partial charge in [0.1, 0.15) is 0 Å². The van der Waals surface area contributed by atoms with Gasteiger partial charge in [0.2, 0.25) is 0 Å². The lowest BCUT2D eigenvalue weighted by Gasteiger charge is -2.42. The molecule has 38 heavy (non-hydrogen) atoms. The summed E-state index contributed by atoms with van der Waals surface area (Å²) in [5.74, 6) is 1.78. The third-order valence-corrected chi connectivity index (χ3v) is 8.88. The highest BCUT2D eigenvalue weighted by molar-refractivity contribution is 5.14. The molecular weight excluding hydrogens is 476 g/mol. The first-order valence-corrected chi connectivity index (χ1v) is 14.4. The summed E-state index contributed by atoms with van der Waals surface area (Å²) < 4.78 is 12.0. The van der Waals surface area contributed by atoms with E-state index in [0.717, 1.165) is 36.8 Å². The van der Waals surface area contributed by atoms with Gasteiger partial charge in [-0.1, -0.05) is 101 Å². The van der Waals surface area contributed by atoms with Gasteiger partial charge in [0.15, 0.2) is 0 Å². The van der Waals surface area contributed by atoms with Gasteiger partial charge in [-0.3, -0.25) is 0 Å². The molecule has 6 N–H and O–H groups in total. The lowest BCUT2D eigenvalue weighted by Crippen LogP contribution is -2.55. The molecular formula is C32H50N2O4. The molecule has 10 atom stereocenters. The summed E-state index contributed by atoms with van der Waals surface area (Å²) in [7, 11) is 0. The lowest BCUT2D eigenvalue weighted by atomic mass is 9.73. The van der Waals surface area contributed by atoms with Gasteiger partial charge in [-0.25, -0.2) is 0 Å². The zero-order valence-electron chi connectivity index (χ0n) is 23.7. The molecule has 2 aliphatic rings. The van der Waals surface area contributed by atoms with E-state index in [-0.39, 0.29) is 24.3 Å². The Bertz CT molecular complexity index is 839. The average molecular weight is 527 g/mol. The molecule has 0 bridgehead atoms. The molecule has 0 unspecified atom stereocenters. The smallest absolute Gasteiger partial charge is 0.0783 e. The van der Waals surface area contributed by atoms with Crippen molar-refractivity contribution < 1.29 is 19.7 Å².